The lowest BCUT2D eigenvalue weighted by molar-refractivity contribution is -0.198. The van der Waals surface area contributed by atoms with E-state index in [2.05, 4.69) is 5.32 Å². The number of carbonyl (C=O) groups excluding carboxylic acids is 1. The molecule has 1 aliphatic rings. The van der Waals surface area contributed by atoms with E-state index in [9.17, 15) is 23.1 Å². The number of aliphatic hydroxyl groups is 1. The molecule has 3 atom stereocenters. The summed E-state index contributed by atoms with van der Waals surface area (Å²) in [5.74, 6) is -3.20. The van der Waals surface area contributed by atoms with Gasteiger partial charge < -0.3 is 10.4 Å². The minimum absolute atomic E-state index is 0.00809. The molecular formula is C17H22F3NO2. The van der Waals surface area contributed by atoms with Gasteiger partial charge in [0.2, 0.25) is 5.91 Å². The van der Waals surface area contributed by atoms with Crippen molar-refractivity contribution in [2.45, 2.75) is 44.4 Å². The lowest BCUT2D eigenvalue weighted by Gasteiger charge is -2.32. The second-order valence-corrected chi connectivity index (χ2v) is 6.13. The average Bonchev–Trinajstić information content (AvgIpc) is 2.53. The van der Waals surface area contributed by atoms with Crippen molar-refractivity contribution in [3.8, 4) is 0 Å². The van der Waals surface area contributed by atoms with E-state index in [-0.39, 0.29) is 19.4 Å². The number of hydrogen-bond acceptors (Lipinski definition) is 2. The van der Waals surface area contributed by atoms with Crippen molar-refractivity contribution < 1.29 is 23.1 Å². The third-order valence-corrected chi connectivity index (χ3v) is 4.35. The van der Waals surface area contributed by atoms with Crippen molar-refractivity contribution >= 4 is 5.91 Å². The van der Waals surface area contributed by atoms with Gasteiger partial charge in [0.15, 0.2) is 0 Å². The number of alkyl halides is 3. The summed E-state index contributed by atoms with van der Waals surface area (Å²) >= 11 is 0. The largest absolute Gasteiger partial charge is 0.392 e. The summed E-state index contributed by atoms with van der Waals surface area (Å²) in [5, 5.41) is 12.4. The second-order valence-electron chi connectivity index (χ2n) is 6.13. The fourth-order valence-electron chi connectivity index (χ4n) is 3.14. The van der Waals surface area contributed by atoms with E-state index in [0.29, 0.717) is 19.3 Å². The maximum absolute atomic E-state index is 13.0. The van der Waals surface area contributed by atoms with Crippen LogP contribution < -0.4 is 5.32 Å². The van der Waals surface area contributed by atoms with Gasteiger partial charge in [0.05, 0.1) is 12.0 Å². The molecule has 2 N–H and O–H groups in total. The van der Waals surface area contributed by atoms with Gasteiger partial charge in [-0.05, 0) is 18.4 Å². The molecule has 0 spiro atoms. The van der Waals surface area contributed by atoms with Crippen molar-refractivity contribution in [1.82, 2.24) is 5.32 Å². The van der Waals surface area contributed by atoms with E-state index in [1.54, 1.807) is 0 Å². The van der Waals surface area contributed by atoms with Gasteiger partial charge in [-0.1, -0.05) is 43.2 Å². The first-order valence-corrected chi connectivity index (χ1v) is 7.94. The van der Waals surface area contributed by atoms with Gasteiger partial charge in [-0.3, -0.25) is 4.79 Å². The molecule has 2 rings (SSSR count). The van der Waals surface area contributed by atoms with Crippen LogP contribution in [0.5, 0.6) is 0 Å². The van der Waals surface area contributed by atoms with Crippen molar-refractivity contribution in [2.75, 3.05) is 6.54 Å². The molecule has 1 aromatic rings. The summed E-state index contributed by atoms with van der Waals surface area (Å²) in [6.45, 7) is -0.0329. The minimum atomic E-state index is -4.34. The quantitative estimate of drug-likeness (QED) is 0.872. The molecule has 1 saturated carbocycles. The highest BCUT2D eigenvalue weighted by Gasteiger charge is 2.47. The number of amides is 1. The Morgan fingerprint density at radius 3 is 2.52 bits per heavy atom. The molecule has 1 amide bonds. The molecule has 0 aliphatic heterocycles. The number of aliphatic hydroxyl groups excluding tert-OH is 1. The summed E-state index contributed by atoms with van der Waals surface area (Å²) in [4.78, 5) is 12.1. The van der Waals surface area contributed by atoms with Gasteiger partial charge in [-0.2, -0.15) is 13.2 Å². The smallest absolute Gasteiger partial charge is 0.391 e. The van der Waals surface area contributed by atoms with E-state index in [0.717, 1.165) is 5.56 Å². The SMILES string of the molecule is O=C(NC[C@H](O)Cc1ccccc1)[C@@H]1CCCC[C@@H]1C(F)(F)F. The van der Waals surface area contributed by atoms with E-state index < -0.39 is 30.0 Å². The Morgan fingerprint density at radius 1 is 1.22 bits per heavy atom. The van der Waals surface area contributed by atoms with Crippen LogP contribution in [0.25, 0.3) is 0 Å². The van der Waals surface area contributed by atoms with Crippen molar-refractivity contribution in [3.63, 3.8) is 0 Å². The second kappa shape index (κ2) is 7.81. The Hall–Kier alpha value is -1.56. The maximum atomic E-state index is 13.0. The first-order valence-electron chi connectivity index (χ1n) is 7.94. The summed E-state index contributed by atoms with van der Waals surface area (Å²) < 4.78 is 39.0. The Kier molecular flexibility index (Phi) is 6.04. The van der Waals surface area contributed by atoms with Crippen molar-refractivity contribution in [3.05, 3.63) is 35.9 Å². The number of nitrogens with one attached hydrogen (secondary N) is 1. The van der Waals surface area contributed by atoms with Gasteiger partial charge in [-0.15, -0.1) is 0 Å². The van der Waals surface area contributed by atoms with Crippen LogP contribution in [0.4, 0.5) is 13.2 Å². The molecule has 128 valence electrons. The predicted octanol–water partition coefficient (Wildman–Crippen LogP) is 3.07. The highest BCUT2D eigenvalue weighted by atomic mass is 19.4. The Labute approximate surface area is 133 Å². The highest BCUT2D eigenvalue weighted by Crippen LogP contribution is 2.41. The molecule has 0 radical (unpaired) electrons. The van der Waals surface area contributed by atoms with Crippen LogP contribution in [0.15, 0.2) is 30.3 Å². The lowest BCUT2D eigenvalue weighted by Crippen LogP contribution is -2.44. The Bertz CT molecular complexity index is 504. The molecule has 3 nitrogen and oxygen atoms in total. The zero-order chi connectivity index (χ0) is 16.9. The summed E-state index contributed by atoms with van der Waals surface area (Å²) in [6.07, 6.45) is -3.39. The third kappa shape index (κ3) is 5.23. The topological polar surface area (TPSA) is 49.3 Å². The molecule has 1 aliphatic carbocycles. The fraction of sp³-hybridized carbons (Fsp3) is 0.588. The lowest BCUT2D eigenvalue weighted by atomic mass is 9.78. The Balaban J connectivity index is 1.85. The standard InChI is InChI=1S/C17H22F3NO2/c18-17(19,20)15-9-5-4-8-14(15)16(23)21-11-13(22)10-12-6-2-1-3-7-12/h1-3,6-7,13-15,22H,4-5,8-11H2,(H,21,23)/t13-,14-,15+/m1/s1. The van der Waals surface area contributed by atoms with E-state index >= 15 is 0 Å². The van der Waals surface area contributed by atoms with Crippen LogP contribution in [-0.4, -0.2) is 29.8 Å². The third-order valence-electron chi connectivity index (χ3n) is 4.35. The van der Waals surface area contributed by atoms with Crippen LogP contribution in [0, 0.1) is 11.8 Å². The molecule has 6 heteroatoms. The number of hydrogen-bond donors (Lipinski definition) is 2. The van der Waals surface area contributed by atoms with Gasteiger partial charge in [0, 0.05) is 18.9 Å². The van der Waals surface area contributed by atoms with Crippen LogP contribution in [-0.2, 0) is 11.2 Å². The molecule has 0 heterocycles. The van der Waals surface area contributed by atoms with Crippen LogP contribution in [0.3, 0.4) is 0 Å². The molecule has 0 saturated heterocycles. The first kappa shape index (κ1) is 17.8. The molecule has 1 aromatic carbocycles. The number of carbonyl (C=O) groups is 1. The van der Waals surface area contributed by atoms with E-state index in [1.165, 1.54) is 0 Å². The van der Waals surface area contributed by atoms with Crippen molar-refractivity contribution in [2.24, 2.45) is 11.8 Å². The van der Waals surface area contributed by atoms with E-state index in [1.807, 2.05) is 30.3 Å². The number of rotatable bonds is 5. The molecule has 0 bridgehead atoms. The fourth-order valence-corrected chi connectivity index (χ4v) is 3.14. The van der Waals surface area contributed by atoms with Crippen LogP contribution in [0.2, 0.25) is 0 Å². The number of benzene rings is 1. The van der Waals surface area contributed by atoms with Gasteiger partial charge in [0.25, 0.3) is 0 Å². The zero-order valence-corrected chi connectivity index (χ0v) is 12.9. The molecule has 0 aromatic heterocycles. The average molecular weight is 329 g/mol. The molecule has 1 fully saturated rings. The van der Waals surface area contributed by atoms with Gasteiger partial charge >= 0.3 is 6.18 Å². The monoisotopic (exact) mass is 329 g/mol. The highest BCUT2D eigenvalue weighted by molar-refractivity contribution is 5.79. The Morgan fingerprint density at radius 2 is 1.87 bits per heavy atom. The zero-order valence-electron chi connectivity index (χ0n) is 12.9. The van der Waals surface area contributed by atoms with Crippen LogP contribution >= 0.6 is 0 Å². The molecular weight excluding hydrogens is 307 g/mol. The van der Waals surface area contributed by atoms with Gasteiger partial charge in [0.1, 0.15) is 0 Å². The normalized spacial score (nSPS) is 23.3. The summed E-state index contributed by atoms with van der Waals surface area (Å²) in [7, 11) is 0. The summed E-state index contributed by atoms with van der Waals surface area (Å²) in [5.41, 5.74) is 0.917. The van der Waals surface area contributed by atoms with Crippen LogP contribution in [0.1, 0.15) is 31.2 Å². The molecule has 0 unspecified atom stereocenters. The molecule has 23 heavy (non-hydrogen) atoms. The number of halogens is 3. The van der Waals surface area contributed by atoms with Crippen molar-refractivity contribution in [1.29, 1.82) is 0 Å². The minimum Gasteiger partial charge on any atom is -0.391 e. The maximum Gasteiger partial charge on any atom is 0.392 e. The predicted molar refractivity (Wildman–Crippen MR) is 80.7 cm³/mol. The van der Waals surface area contributed by atoms with Gasteiger partial charge in [-0.25, -0.2) is 0 Å². The van der Waals surface area contributed by atoms with E-state index in [4.69, 9.17) is 0 Å². The first-order chi connectivity index (χ1) is 10.9. The summed E-state index contributed by atoms with van der Waals surface area (Å²) in [6, 6.07) is 9.25.